The fourth-order valence-electron chi connectivity index (χ4n) is 3.77. The zero-order chi connectivity index (χ0) is 14.1. The molecule has 2 saturated heterocycles. The minimum Gasteiger partial charge on any atom is -0.364 e. The highest BCUT2D eigenvalue weighted by Gasteiger charge is 2.41. The van der Waals surface area contributed by atoms with Gasteiger partial charge in [-0.05, 0) is 72.8 Å². The molecule has 3 rings (SSSR count). The van der Waals surface area contributed by atoms with Crippen molar-refractivity contribution in [3.05, 3.63) is 27.7 Å². The van der Waals surface area contributed by atoms with Crippen LogP contribution in [0.2, 0.25) is 5.02 Å². The van der Waals surface area contributed by atoms with Crippen LogP contribution in [0.5, 0.6) is 0 Å². The Morgan fingerprint density at radius 3 is 2.65 bits per heavy atom. The molecule has 0 radical (unpaired) electrons. The zero-order valence-corrected chi connectivity index (χ0v) is 14.3. The van der Waals surface area contributed by atoms with E-state index in [0.717, 1.165) is 11.6 Å². The van der Waals surface area contributed by atoms with Crippen molar-refractivity contribution in [2.75, 3.05) is 11.4 Å². The summed E-state index contributed by atoms with van der Waals surface area (Å²) in [6, 6.07) is 8.15. The lowest BCUT2D eigenvalue weighted by Gasteiger charge is -2.41. The zero-order valence-electron chi connectivity index (χ0n) is 11.9. The SMILES string of the molecule is CCCNC1CC2CCC(C1)N2c1cc(Cl)ccc1Br. The number of fused-ring (bicyclic) bond motifs is 2. The molecule has 2 atom stereocenters. The highest BCUT2D eigenvalue weighted by Crippen LogP contribution is 2.42. The Morgan fingerprint density at radius 2 is 2.00 bits per heavy atom. The van der Waals surface area contributed by atoms with Gasteiger partial charge in [0.1, 0.15) is 0 Å². The number of nitrogens with zero attached hydrogens (tertiary/aromatic N) is 1. The number of anilines is 1. The van der Waals surface area contributed by atoms with Gasteiger partial charge >= 0.3 is 0 Å². The van der Waals surface area contributed by atoms with E-state index in [0.29, 0.717) is 18.1 Å². The molecular formula is C16H22BrClN2. The maximum atomic E-state index is 6.19. The summed E-state index contributed by atoms with van der Waals surface area (Å²) in [4.78, 5) is 2.61. The van der Waals surface area contributed by atoms with E-state index in [2.05, 4.69) is 45.2 Å². The Bertz CT molecular complexity index is 466. The molecule has 2 fully saturated rings. The first-order valence-corrected chi connectivity index (χ1v) is 8.83. The van der Waals surface area contributed by atoms with Crippen molar-refractivity contribution in [3.63, 3.8) is 0 Å². The number of piperidine rings is 1. The molecule has 4 heteroatoms. The molecule has 0 saturated carbocycles. The molecule has 20 heavy (non-hydrogen) atoms. The van der Waals surface area contributed by atoms with E-state index in [1.54, 1.807) is 0 Å². The Morgan fingerprint density at radius 1 is 1.30 bits per heavy atom. The van der Waals surface area contributed by atoms with Gasteiger partial charge in [-0.2, -0.15) is 0 Å². The summed E-state index contributed by atoms with van der Waals surface area (Å²) in [7, 11) is 0. The van der Waals surface area contributed by atoms with E-state index >= 15 is 0 Å². The summed E-state index contributed by atoms with van der Waals surface area (Å²) in [6.45, 7) is 3.38. The number of nitrogens with one attached hydrogen (secondary N) is 1. The molecule has 2 nitrogen and oxygen atoms in total. The maximum Gasteiger partial charge on any atom is 0.0530 e. The van der Waals surface area contributed by atoms with Crippen LogP contribution in [0.4, 0.5) is 5.69 Å². The van der Waals surface area contributed by atoms with E-state index in [-0.39, 0.29) is 0 Å². The van der Waals surface area contributed by atoms with Gasteiger partial charge in [0.15, 0.2) is 0 Å². The van der Waals surface area contributed by atoms with Gasteiger partial charge in [0.2, 0.25) is 0 Å². The van der Waals surface area contributed by atoms with Gasteiger partial charge in [0, 0.05) is 27.6 Å². The predicted molar refractivity (Wildman–Crippen MR) is 89.8 cm³/mol. The normalized spacial score (nSPS) is 28.9. The first kappa shape index (κ1) is 14.7. The van der Waals surface area contributed by atoms with Gasteiger partial charge in [-0.15, -0.1) is 0 Å². The third-order valence-corrected chi connectivity index (χ3v) is 5.51. The highest BCUT2D eigenvalue weighted by molar-refractivity contribution is 9.10. The lowest BCUT2D eigenvalue weighted by atomic mass is 9.96. The molecule has 1 aromatic carbocycles. The summed E-state index contributed by atoms with van der Waals surface area (Å²) >= 11 is 9.88. The molecule has 0 aliphatic carbocycles. The summed E-state index contributed by atoms with van der Waals surface area (Å²) in [6.07, 6.45) is 6.36. The van der Waals surface area contributed by atoms with Gasteiger partial charge < -0.3 is 10.2 Å². The fourth-order valence-corrected chi connectivity index (χ4v) is 4.39. The number of halogens is 2. The van der Waals surface area contributed by atoms with Crippen LogP contribution in [-0.2, 0) is 0 Å². The Hall–Kier alpha value is -0.250. The summed E-state index contributed by atoms with van der Waals surface area (Å²) in [5.74, 6) is 0. The number of benzene rings is 1. The number of hydrogen-bond donors (Lipinski definition) is 1. The standard InChI is InChI=1S/C16H22BrClN2/c1-2-7-19-12-9-13-4-5-14(10-12)20(13)16-8-11(18)3-6-15(16)17/h3,6,8,12-14,19H,2,4-5,7,9-10H2,1H3. The summed E-state index contributed by atoms with van der Waals surface area (Å²) in [5, 5.41) is 4.53. The van der Waals surface area contributed by atoms with Crippen molar-refractivity contribution in [3.8, 4) is 0 Å². The fraction of sp³-hybridized carbons (Fsp3) is 0.625. The molecule has 2 aliphatic rings. The topological polar surface area (TPSA) is 15.3 Å². The average molecular weight is 358 g/mol. The van der Waals surface area contributed by atoms with Crippen molar-refractivity contribution < 1.29 is 0 Å². The van der Waals surface area contributed by atoms with Crippen LogP contribution in [0.25, 0.3) is 0 Å². The van der Waals surface area contributed by atoms with Gasteiger partial charge in [-0.25, -0.2) is 0 Å². The smallest absolute Gasteiger partial charge is 0.0530 e. The second kappa shape index (κ2) is 6.25. The number of hydrogen-bond acceptors (Lipinski definition) is 2. The van der Waals surface area contributed by atoms with Gasteiger partial charge in [0.25, 0.3) is 0 Å². The van der Waals surface area contributed by atoms with Crippen molar-refractivity contribution in [1.29, 1.82) is 0 Å². The van der Waals surface area contributed by atoms with Crippen LogP contribution in [0.1, 0.15) is 39.0 Å². The second-order valence-corrected chi connectivity index (χ2v) is 7.30. The van der Waals surface area contributed by atoms with E-state index in [1.807, 2.05) is 6.07 Å². The Labute approximate surface area is 135 Å². The molecule has 2 aliphatic heterocycles. The first-order chi connectivity index (χ1) is 9.69. The lowest BCUT2D eigenvalue weighted by Crippen LogP contribution is -2.49. The molecule has 0 spiro atoms. The van der Waals surface area contributed by atoms with Crippen LogP contribution in [0, 0.1) is 0 Å². The largest absolute Gasteiger partial charge is 0.364 e. The summed E-state index contributed by atoms with van der Waals surface area (Å²) < 4.78 is 1.17. The van der Waals surface area contributed by atoms with Gasteiger partial charge in [-0.1, -0.05) is 18.5 Å². The average Bonchev–Trinajstić information content (AvgIpc) is 2.70. The van der Waals surface area contributed by atoms with Crippen LogP contribution >= 0.6 is 27.5 Å². The minimum atomic E-state index is 0.665. The van der Waals surface area contributed by atoms with Gasteiger partial charge in [-0.3, -0.25) is 0 Å². The lowest BCUT2D eigenvalue weighted by molar-refractivity contribution is 0.356. The number of rotatable bonds is 4. The van der Waals surface area contributed by atoms with Crippen molar-refractivity contribution in [2.24, 2.45) is 0 Å². The predicted octanol–water partition coefficient (Wildman–Crippen LogP) is 4.60. The van der Waals surface area contributed by atoms with Crippen LogP contribution in [0.3, 0.4) is 0 Å². The van der Waals surface area contributed by atoms with E-state index in [4.69, 9.17) is 11.6 Å². The molecular weight excluding hydrogens is 336 g/mol. The molecule has 0 amide bonds. The Kier molecular flexibility index (Phi) is 4.58. The molecule has 1 aromatic rings. The minimum absolute atomic E-state index is 0.665. The third kappa shape index (κ3) is 2.86. The summed E-state index contributed by atoms with van der Waals surface area (Å²) in [5.41, 5.74) is 1.28. The molecule has 0 aromatic heterocycles. The monoisotopic (exact) mass is 356 g/mol. The van der Waals surface area contributed by atoms with E-state index < -0.39 is 0 Å². The van der Waals surface area contributed by atoms with E-state index in [9.17, 15) is 0 Å². The molecule has 110 valence electrons. The third-order valence-electron chi connectivity index (χ3n) is 4.60. The molecule has 1 N–H and O–H groups in total. The van der Waals surface area contributed by atoms with Crippen molar-refractivity contribution in [2.45, 2.75) is 57.2 Å². The van der Waals surface area contributed by atoms with Crippen molar-refractivity contribution >= 4 is 33.2 Å². The second-order valence-electron chi connectivity index (χ2n) is 6.01. The van der Waals surface area contributed by atoms with Crippen LogP contribution < -0.4 is 10.2 Å². The van der Waals surface area contributed by atoms with Crippen molar-refractivity contribution in [1.82, 2.24) is 5.32 Å². The van der Waals surface area contributed by atoms with Gasteiger partial charge in [0.05, 0.1) is 5.69 Å². The van der Waals surface area contributed by atoms with Crippen LogP contribution in [0.15, 0.2) is 22.7 Å². The molecule has 2 heterocycles. The highest BCUT2D eigenvalue weighted by atomic mass is 79.9. The van der Waals surface area contributed by atoms with E-state index in [1.165, 1.54) is 42.3 Å². The Balaban J connectivity index is 1.78. The molecule has 2 unspecified atom stereocenters. The van der Waals surface area contributed by atoms with Crippen LogP contribution in [-0.4, -0.2) is 24.7 Å². The molecule has 2 bridgehead atoms. The first-order valence-electron chi connectivity index (χ1n) is 7.65. The maximum absolute atomic E-state index is 6.19. The quantitative estimate of drug-likeness (QED) is 0.847.